The van der Waals surface area contributed by atoms with Crippen LogP contribution in [0.4, 0.5) is 24.8 Å². The number of amides is 1. The number of nitrogens with one attached hydrogen (secondary N) is 1. The quantitative estimate of drug-likeness (QED) is 0.678. The van der Waals surface area contributed by atoms with Crippen LogP contribution in [0.3, 0.4) is 0 Å². The Morgan fingerprint density at radius 2 is 2.00 bits per heavy atom. The number of nitrogens with zero attached hydrogens (tertiary/aromatic N) is 3. The predicted octanol–water partition coefficient (Wildman–Crippen LogP) is 3.32. The van der Waals surface area contributed by atoms with Gasteiger partial charge in [-0.2, -0.15) is 18.3 Å². The van der Waals surface area contributed by atoms with E-state index < -0.39 is 17.8 Å². The highest BCUT2D eigenvalue weighted by Gasteiger charge is 2.35. The van der Waals surface area contributed by atoms with Gasteiger partial charge in [0.2, 0.25) is 0 Å². The molecule has 2 aromatic heterocycles. The van der Waals surface area contributed by atoms with Crippen LogP contribution in [-0.4, -0.2) is 20.7 Å². The minimum Gasteiger partial charge on any atom is -0.383 e. The molecule has 0 bridgehead atoms. The number of alkyl halides is 3. The second-order valence-corrected chi connectivity index (χ2v) is 5.84. The van der Waals surface area contributed by atoms with Crippen LogP contribution < -0.4 is 11.1 Å². The highest BCUT2D eigenvalue weighted by Crippen LogP contribution is 2.33. The first-order chi connectivity index (χ1) is 13.2. The lowest BCUT2D eigenvalue weighted by Crippen LogP contribution is -2.13. The van der Waals surface area contributed by atoms with Gasteiger partial charge in [0.15, 0.2) is 5.69 Å². The fourth-order valence-electron chi connectivity index (χ4n) is 2.56. The van der Waals surface area contributed by atoms with Gasteiger partial charge in [0.25, 0.3) is 5.91 Å². The minimum atomic E-state index is -4.57. The first-order valence-corrected chi connectivity index (χ1v) is 7.95. The number of anilines is 2. The molecule has 0 aliphatic heterocycles. The van der Waals surface area contributed by atoms with Gasteiger partial charge in [-0.1, -0.05) is 12.0 Å². The Morgan fingerprint density at radius 1 is 1.25 bits per heavy atom. The molecule has 1 aromatic carbocycles. The topological polar surface area (TPSA) is 85.8 Å². The van der Waals surface area contributed by atoms with Crippen molar-refractivity contribution in [1.29, 1.82) is 0 Å². The van der Waals surface area contributed by atoms with Crippen LogP contribution in [0.15, 0.2) is 42.5 Å². The van der Waals surface area contributed by atoms with Crippen LogP contribution in [-0.2, 0) is 13.2 Å². The van der Waals surface area contributed by atoms with Gasteiger partial charge < -0.3 is 11.1 Å². The maximum absolute atomic E-state index is 12.8. The van der Waals surface area contributed by atoms with Crippen molar-refractivity contribution in [3.63, 3.8) is 0 Å². The average molecular weight is 385 g/mol. The maximum Gasteiger partial charge on any atom is 0.435 e. The van der Waals surface area contributed by atoms with E-state index in [1.165, 1.54) is 19.2 Å². The molecule has 2 heterocycles. The molecular formula is C19H14F3N5O. The highest BCUT2D eigenvalue weighted by molar-refractivity contribution is 6.04. The summed E-state index contributed by atoms with van der Waals surface area (Å²) in [6.45, 7) is 0. The lowest BCUT2D eigenvalue weighted by atomic mass is 10.1. The molecule has 1 amide bonds. The smallest absolute Gasteiger partial charge is 0.383 e. The van der Waals surface area contributed by atoms with Crippen LogP contribution in [0.1, 0.15) is 21.6 Å². The third kappa shape index (κ3) is 3.81. The molecule has 3 aromatic rings. The van der Waals surface area contributed by atoms with Crippen molar-refractivity contribution in [3.8, 4) is 23.6 Å². The summed E-state index contributed by atoms with van der Waals surface area (Å²) in [5, 5.41) is 6.02. The SMILES string of the molecule is C#Cc1cccc(C(=O)Nc2ccc(-c3cc(C(F)(F)F)nn3C)c(N)n2)c1. The van der Waals surface area contributed by atoms with Crippen molar-refractivity contribution in [2.45, 2.75) is 6.18 Å². The van der Waals surface area contributed by atoms with Gasteiger partial charge in [0.1, 0.15) is 11.6 Å². The zero-order chi connectivity index (χ0) is 20.5. The number of aromatic nitrogens is 3. The second-order valence-electron chi connectivity index (χ2n) is 5.84. The Balaban J connectivity index is 1.86. The average Bonchev–Trinajstić information content (AvgIpc) is 3.04. The van der Waals surface area contributed by atoms with Gasteiger partial charge in [-0.15, -0.1) is 6.42 Å². The number of halogens is 3. The standard InChI is InChI=1S/C19H14F3N5O/c1-3-11-5-4-6-12(9-11)18(28)25-16-8-7-13(17(23)24-16)14-10-15(19(20,21)22)26-27(14)2/h1,4-10H,2H3,(H3,23,24,25,28). The summed E-state index contributed by atoms with van der Waals surface area (Å²) in [5.74, 6) is 2.09. The molecule has 0 unspecified atom stereocenters. The number of hydrogen-bond donors (Lipinski definition) is 2. The summed E-state index contributed by atoms with van der Waals surface area (Å²) in [4.78, 5) is 16.4. The fourth-order valence-corrected chi connectivity index (χ4v) is 2.56. The Morgan fingerprint density at radius 3 is 2.61 bits per heavy atom. The zero-order valence-corrected chi connectivity index (χ0v) is 14.6. The monoisotopic (exact) mass is 385 g/mol. The molecule has 0 radical (unpaired) electrons. The number of hydrogen-bond acceptors (Lipinski definition) is 4. The molecular weight excluding hydrogens is 371 g/mol. The third-order valence-corrected chi connectivity index (χ3v) is 3.90. The minimum absolute atomic E-state index is 0.0492. The molecule has 0 fully saturated rings. The number of terminal acetylenes is 1. The number of carbonyl (C=O) groups excluding carboxylic acids is 1. The van der Waals surface area contributed by atoms with Crippen LogP contribution in [0, 0.1) is 12.3 Å². The van der Waals surface area contributed by atoms with Crippen LogP contribution in [0.25, 0.3) is 11.3 Å². The van der Waals surface area contributed by atoms with Crippen molar-refractivity contribution in [2.24, 2.45) is 7.05 Å². The lowest BCUT2D eigenvalue weighted by Gasteiger charge is -2.09. The molecule has 142 valence electrons. The summed E-state index contributed by atoms with van der Waals surface area (Å²) in [6, 6.07) is 10.3. The fraction of sp³-hybridized carbons (Fsp3) is 0.105. The second kappa shape index (κ2) is 7.08. The van der Waals surface area contributed by atoms with E-state index in [-0.39, 0.29) is 22.9 Å². The number of rotatable bonds is 3. The van der Waals surface area contributed by atoms with Crippen LogP contribution in [0.5, 0.6) is 0 Å². The van der Waals surface area contributed by atoms with E-state index in [1.54, 1.807) is 24.3 Å². The van der Waals surface area contributed by atoms with E-state index >= 15 is 0 Å². The summed E-state index contributed by atoms with van der Waals surface area (Å²) in [6.07, 6.45) is 0.745. The first-order valence-electron chi connectivity index (χ1n) is 7.95. The molecule has 0 aliphatic carbocycles. The molecule has 0 atom stereocenters. The Bertz CT molecular complexity index is 1100. The van der Waals surface area contributed by atoms with E-state index in [4.69, 9.17) is 12.2 Å². The Kier molecular flexibility index (Phi) is 4.79. The van der Waals surface area contributed by atoms with Gasteiger partial charge in [-0.05, 0) is 36.4 Å². The maximum atomic E-state index is 12.8. The van der Waals surface area contributed by atoms with Crippen molar-refractivity contribution in [1.82, 2.24) is 14.8 Å². The summed E-state index contributed by atoms with van der Waals surface area (Å²) >= 11 is 0. The predicted molar refractivity (Wildman–Crippen MR) is 98.2 cm³/mol. The largest absolute Gasteiger partial charge is 0.435 e. The van der Waals surface area contributed by atoms with Crippen molar-refractivity contribution in [3.05, 3.63) is 59.3 Å². The number of nitrogens with two attached hydrogens (primary N) is 1. The van der Waals surface area contributed by atoms with E-state index in [9.17, 15) is 18.0 Å². The van der Waals surface area contributed by atoms with Crippen LogP contribution in [0.2, 0.25) is 0 Å². The van der Waals surface area contributed by atoms with Crippen LogP contribution >= 0.6 is 0 Å². The van der Waals surface area contributed by atoms with Gasteiger partial charge in [-0.25, -0.2) is 4.98 Å². The summed E-state index contributed by atoms with van der Waals surface area (Å²) < 4.78 is 39.6. The van der Waals surface area contributed by atoms with Crippen molar-refractivity contribution >= 4 is 17.5 Å². The Labute approximate surface area is 158 Å². The van der Waals surface area contributed by atoms with Crippen molar-refractivity contribution < 1.29 is 18.0 Å². The summed E-state index contributed by atoms with van der Waals surface area (Å²) in [7, 11) is 1.37. The Hall–Kier alpha value is -3.80. The number of aryl methyl sites for hydroxylation is 1. The van der Waals surface area contributed by atoms with E-state index in [1.807, 2.05) is 0 Å². The number of pyridine rings is 1. The lowest BCUT2D eigenvalue weighted by molar-refractivity contribution is -0.141. The van der Waals surface area contributed by atoms with Gasteiger partial charge >= 0.3 is 6.18 Å². The zero-order valence-electron chi connectivity index (χ0n) is 14.6. The number of nitrogen functional groups attached to an aromatic ring is 1. The molecule has 3 rings (SSSR count). The molecule has 28 heavy (non-hydrogen) atoms. The molecule has 0 saturated carbocycles. The molecule has 0 saturated heterocycles. The number of benzene rings is 1. The first kappa shape index (κ1) is 19.0. The third-order valence-electron chi connectivity index (χ3n) is 3.90. The van der Waals surface area contributed by atoms with Crippen molar-refractivity contribution in [2.75, 3.05) is 11.1 Å². The molecule has 9 heteroatoms. The van der Waals surface area contributed by atoms with Gasteiger partial charge in [0.05, 0.1) is 5.69 Å². The molecule has 6 nitrogen and oxygen atoms in total. The van der Waals surface area contributed by atoms with E-state index in [0.717, 1.165) is 10.7 Å². The molecule has 3 N–H and O–H groups in total. The van der Waals surface area contributed by atoms with E-state index in [0.29, 0.717) is 11.1 Å². The van der Waals surface area contributed by atoms with Gasteiger partial charge in [-0.3, -0.25) is 9.48 Å². The number of carbonyl (C=O) groups is 1. The normalized spacial score (nSPS) is 11.1. The van der Waals surface area contributed by atoms with Gasteiger partial charge in [0, 0.05) is 23.7 Å². The molecule has 0 spiro atoms. The highest BCUT2D eigenvalue weighted by atomic mass is 19.4. The molecule has 0 aliphatic rings. The van der Waals surface area contributed by atoms with E-state index in [2.05, 4.69) is 21.3 Å². The summed E-state index contributed by atoms with van der Waals surface area (Å²) in [5.41, 5.74) is 6.15.